The van der Waals surface area contributed by atoms with Crippen molar-refractivity contribution in [3.63, 3.8) is 0 Å². The number of carbonyl (C=O) groups is 2. The molecule has 0 saturated heterocycles. The van der Waals surface area contributed by atoms with E-state index in [2.05, 4.69) is 0 Å². The monoisotopic (exact) mass is 446 g/mol. The van der Waals surface area contributed by atoms with Crippen molar-refractivity contribution in [3.8, 4) is 0 Å². The van der Waals surface area contributed by atoms with Crippen molar-refractivity contribution in [2.24, 2.45) is 11.8 Å². The first kappa shape index (κ1) is 20.4. The molecule has 0 amide bonds. The van der Waals surface area contributed by atoms with Crippen molar-refractivity contribution >= 4 is 44.8 Å². The molecule has 29 heavy (non-hydrogen) atoms. The van der Waals surface area contributed by atoms with Crippen LogP contribution in [0.1, 0.15) is 35.2 Å². The van der Waals surface area contributed by atoms with Gasteiger partial charge in [0.1, 0.15) is 0 Å². The summed E-state index contributed by atoms with van der Waals surface area (Å²) in [7, 11) is -3.41. The highest BCUT2D eigenvalue weighted by molar-refractivity contribution is 8.03. The normalized spacial score (nSPS) is 21.2. The van der Waals surface area contributed by atoms with Crippen molar-refractivity contribution in [2.75, 3.05) is 6.26 Å². The molecule has 2 aliphatic carbocycles. The summed E-state index contributed by atoms with van der Waals surface area (Å²) in [5.74, 6) is 0.450. The van der Waals surface area contributed by atoms with Crippen LogP contribution in [0.2, 0.25) is 5.02 Å². The first-order valence-corrected chi connectivity index (χ1v) is 12.4. The predicted molar refractivity (Wildman–Crippen MR) is 114 cm³/mol. The van der Waals surface area contributed by atoms with Crippen LogP contribution in [0.15, 0.2) is 63.2 Å². The van der Waals surface area contributed by atoms with Gasteiger partial charge in [0.2, 0.25) is 0 Å². The number of fused-ring (bicyclic) bond motifs is 2. The number of thioether (sulfide) groups is 1. The Morgan fingerprint density at radius 1 is 1.07 bits per heavy atom. The summed E-state index contributed by atoms with van der Waals surface area (Å²) >= 11 is 7.72. The largest absolute Gasteiger partial charge is 0.295 e. The molecule has 2 unspecified atom stereocenters. The summed E-state index contributed by atoms with van der Waals surface area (Å²) in [6, 6.07) is 11.4. The van der Waals surface area contributed by atoms with Gasteiger partial charge in [0.15, 0.2) is 21.4 Å². The number of sulfone groups is 1. The first-order chi connectivity index (χ1) is 13.7. The van der Waals surface area contributed by atoms with E-state index >= 15 is 0 Å². The second-order valence-electron chi connectivity index (χ2n) is 7.50. The number of hydrogen-bond donors (Lipinski definition) is 0. The summed E-state index contributed by atoms with van der Waals surface area (Å²) in [4.78, 5) is 27.3. The fraction of sp³-hybridized carbons (Fsp3) is 0.273. The fourth-order valence-electron chi connectivity index (χ4n) is 3.91. The fourth-order valence-corrected chi connectivity index (χ4v) is 6.12. The third-order valence-electron chi connectivity index (χ3n) is 5.49. The van der Waals surface area contributed by atoms with E-state index in [-0.39, 0.29) is 33.0 Å². The zero-order chi connectivity index (χ0) is 20.8. The molecule has 0 radical (unpaired) electrons. The molecule has 2 atom stereocenters. The molecule has 4 nitrogen and oxygen atoms in total. The van der Waals surface area contributed by atoms with Crippen LogP contribution in [-0.2, 0) is 14.6 Å². The van der Waals surface area contributed by atoms with Crippen LogP contribution in [0.4, 0.5) is 0 Å². The van der Waals surface area contributed by atoms with Crippen LogP contribution in [-0.4, -0.2) is 26.2 Å². The Labute approximate surface area is 179 Å². The maximum Gasteiger partial charge on any atom is 0.195 e. The van der Waals surface area contributed by atoms with Crippen LogP contribution in [0.3, 0.4) is 0 Å². The lowest BCUT2D eigenvalue weighted by Crippen LogP contribution is -2.14. The van der Waals surface area contributed by atoms with Crippen molar-refractivity contribution in [2.45, 2.75) is 29.1 Å². The number of hydrogen-bond acceptors (Lipinski definition) is 5. The molecule has 0 aliphatic heterocycles. The molecule has 0 aromatic heterocycles. The van der Waals surface area contributed by atoms with Gasteiger partial charge in [0.25, 0.3) is 0 Å². The molecule has 4 rings (SSSR count). The standard InChI is InChI=1S/C22H19ClO4S2/c1-29(26,27)15-8-9-16(18(23)11-15)22(25)17-4-2-3-5-20(17)28-21-12-19(24)13-6-7-14(21)10-13/h2-5,8-9,11-14H,6-7,10H2,1H3. The van der Waals surface area contributed by atoms with Gasteiger partial charge in [0.05, 0.1) is 9.92 Å². The Hall–Kier alpha value is -1.89. The Balaban J connectivity index is 1.67. The number of allylic oxidation sites excluding steroid dienone is 2. The summed E-state index contributed by atoms with van der Waals surface area (Å²) in [5, 5.41) is 0.100. The number of carbonyl (C=O) groups excluding carboxylic acids is 2. The molecule has 1 fully saturated rings. The minimum absolute atomic E-state index is 0.0726. The molecule has 0 N–H and O–H groups in total. The van der Waals surface area contributed by atoms with E-state index in [0.29, 0.717) is 11.5 Å². The number of halogens is 1. The second kappa shape index (κ2) is 7.74. The van der Waals surface area contributed by atoms with Crippen LogP contribution in [0.25, 0.3) is 0 Å². The van der Waals surface area contributed by atoms with Crippen LogP contribution in [0.5, 0.6) is 0 Å². The average molecular weight is 447 g/mol. The quantitative estimate of drug-likeness (QED) is 0.608. The van der Waals surface area contributed by atoms with E-state index < -0.39 is 9.84 Å². The highest BCUT2D eigenvalue weighted by atomic mass is 35.5. The summed E-state index contributed by atoms with van der Waals surface area (Å²) in [6.45, 7) is 0. The van der Waals surface area contributed by atoms with E-state index in [0.717, 1.165) is 35.3 Å². The van der Waals surface area contributed by atoms with Crippen molar-refractivity contribution in [1.29, 1.82) is 0 Å². The van der Waals surface area contributed by atoms with Crippen LogP contribution in [0, 0.1) is 11.8 Å². The molecular formula is C22H19ClO4S2. The Bertz CT molecular complexity index is 1150. The summed E-state index contributed by atoms with van der Waals surface area (Å²) in [5.41, 5.74) is 0.738. The molecule has 150 valence electrons. The maximum absolute atomic E-state index is 13.2. The molecule has 0 spiro atoms. The SMILES string of the molecule is CS(=O)(=O)c1ccc(C(=O)c2ccccc2SC2=CC(=O)C3CCC2C3)c(Cl)c1. The third-order valence-corrected chi connectivity index (χ3v) is 8.18. The molecular weight excluding hydrogens is 428 g/mol. The lowest BCUT2D eigenvalue weighted by atomic mass is 9.94. The molecule has 7 heteroatoms. The van der Waals surface area contributed by atoms with Gasteiger partial charge in [-0.15, -0.1) is 0 Å². The molecule has 2 bridgehead atoms. The van der Waals surface area contributed by atoms with Gasteiger partial charge in [-0.25, -0.2) is 8.42 Å². The molecule has 2 aromatic rings. The summed E-state index contributed by atoms with van der Waals surface area (Å²) < 4.78 is 23.4. The van der Waals surface area contributed by atoms with E-state index in [1.54, 1.807) is 18.2 Å². The topological polar surface area (TPSA) is 68.3 Å². The van der Waals surface area contributed by atoms with E-state index in [9.17, 15) is 18.0 Å². The number of rotatable bonds is 5. The number of ketones is 2. The third kappa shape index (κ3) is 4.06. The minimum atomic E-state index is -3.41. The highest BCUT2D eigenvalue weighted by Crippen LogP contribution is 2.47. The zero-order valence-corrected chi connectivity index (χ0v) is 18.1. The maximum atomic E-state index is 13.2. The van der Waals surface area contributed by atoms with E-state index in [4.69, 9.17) is 11.6 Å². The molecule has 1 saturated carbocycles. The van der Waals surface area contributed by atoms with Crippen molar-refractivity contribution < 1.29 is 18.0 Å². The Morgan fingerprint density at radius 3 is 2.52 bits per heavy atom. The Morgan fingerprint density at radius 2 is 1.79 bits per heavy atom. The van der Waals surface area contributed by atoms with Gasteiger partial charge in [0, 0.05) is 28.2 Å². The zero-order valence-electron chi connectivity index (χ0n) is 15.7. The Kier molecular flexibility index (Phi) is 5.44. The first-order valence-electron chi connectivity index (χ1n) is 9.30. The molecule has 2 aliphatic rings. The van der Waals surface area contributed by atoms with Gasteiger partial charge in [-0.1, -0.05) is 35.5 Å². The lowest BCUT2D eigenvalue weighted by molar-refractivity contribution is -0.118. The minimum Gasteiger partial charge on any atom is -0.295 e. The van der Waals surface area contributed by atoms with Crippen molar-refractivity contribution in [1.82, 2.24) is 0 Å². The van der Waals surface area contributed by atoms with E-state index in [1.165, 1.54) is 30.0 Å². The summed E-state index contributed by atoms with van der Waals surface area (Å²) in [6.07, 6.45) is 5.67. The van der Waals surface area contributed by atoms with E-state index in [1.807, 2.05) is 12.1 Å². The predicted octanol–water partition coefficient (Wildman–Crippen LogP) is 4.95. The van der Waals surface area contributed by atoms with Gasteiger partial charge in [-0.2, -0.15) is 0 Å². The van der Waals surface area contributed by atoms with Gasteiger partial charge < -0.3 is 0 Å². The van der Waals surface area contributed by atoms with Gasteiger partial charge in [-0.05, 0) is 66.5 Å². The van der Waals surface area contributed by atoms with Gasteiger partial charge >= 0.3 is 0 Å². The van der Waals surface area contributed by atoms with Gasteiger partial charge in [-0.3, -0.25) is 9.59 Å². The molecule has 2 aromatic carbocycles. The molecule has 0 heterocycles. The second-order valence-corrected chi connectivity index (χ2v) is 11.0. The smallest absolute Gasteiger partial charge is 0.195 e. The van der Waals surface area contributed by atoms with Crippen molar-refractivity contribution in [3.05, 3.63) is 69.6 Å². The number of benzene rings is 2. The highest BCUT2D eigenvalue weighted by Gasteiger charge is 2.36. The lowest BCUT2D eigenvalue weighted by Gasteiger charge is -2.20. The van der Waals surface area contributed by atoms with Crippen LogP contribution >= 0.6 is 23.4 Å². The van der Waals surface area contributed by atoms with Crippen LogP contribution < -0.4 is 0 Å². The average Bonchev–Trinajstić information content (AvgIpc) is 3.11.